The Hall–Kier alpha value is -2.86. The van der Waals surface area contributed by atoms with E-state index in [1.807, 2.05) is 48.5 Å². The molecule has 0 saturated carbocycles. The topological polar surface area (TPSA) is 67.4 Å². The second-order valence-corrected chi connectivity index (χ2v) is 6.64. The van der Waals surface area contributed by atoms with Crippen LogP contribution in [0.5, 0.6) is 5.75 Å². The van der Waals surface area contributed by atoms with E-state index in [9.17, 15) is 9.59 Å². The molecular weight excluding hydrogens is 396 g/mol. The fourth-order valence-electron chi connectivity index (χ4n) is 2.42. The first-order valence-corrected chi connectivity index (χ1v) is 8.83. The van der Waals surface area contributed by atoms with Gasteiger partial charge in [-0.15, -0.1) is 0 Å². The van der Waals surface area contributed by atoms with Crippen molar-refractivity contribution in [2.75, 3.05) is 0 Å². The first kappa shape index (κ1) is 17.9. The summed E-state index contributed by atoms with van der Waals surface area (Å²) in [6, 6.07) is 20.4. The van der Waals surface area contributed by atoms with Crippen molar-refractivity contribution < 1.29 is 14.3 Å². The normalized spacial score (nSPS) is 11.6. The van der Waals surface area contributed by atoms with Crippen LogP contribution in [0.3, 0.4) is 0 Å². The van der Waals surface area contributed by atoms with Gasteiger partial charge in [-0.05, 0) is 48.0 Å². The first-order chi connectivity index (χ1) is 12.5. The van der Waals surface area contributed by atoms with E-state index in [0.29, 0.717) is 11.3 Å². The zero-order chi connectivity index (χ0) is 18.5. The van der Waals surface area contributed by atoms with Crippen LogP contribution in [0.4, 0.5) is 0 Å². The molecule has 0 aliphatic carbocycles. The molecular formula is C20H17BrN2O3. The molecule has 0 radical (unpaired) electrons. The standard InChI is InChI=1S/C20H17BrN2O3/c1-13(26-18-10-9-14-5-2-3-6-15(14)12-18)19(24)22-23-20(25)16-7-4-8-17(21)11-16/h2-13H,1H3,(H,22,24)(H,23,25). The van der Waals surface area contributed by atoms with Gasteiger partial charge < -0.3 is 4.74 Å². The highest BCUT2D eigenvalue weighted by molar-refractivity contribution is 9.10. The van der Waals surface area contributed by atoms with Crippen molar-refractivity contribution in [2.24, 2.45) is 0 Å². The smallest absolute Gasteiger partial charge is 0.279 e. The maximum atomic E-state index is 12.2. The highest BCUT2D eigenvalue weighted by Gasteiger charge is 2.16. The van der Waals surface area contributed by atoms with Gasteiger partial charge in [-0.3, -0.25) is 20.4 Å². The molecule has 0 aromatic heterocycles. The lowest BCUT2D eigenvalue weighted by molar-refractivity contribution is -0.128. The predicted octanol–water partition coefficient (Wildman–Crippen LogP) is 3.83. The molecule has 26 heavy (non-hydrogen) atoms. The van der Waals surface area contributed by atoms with E-state index in [1.54, 1.807) is 25.1 Å². The number of hydrazine groups is 1. The highest BCUT2D eigenvalue weighted by Crippen LogP contribution is 2.21. The Morgan fingerprint density at radius 1 is 0.923 bits per heavy atom. The zero-order valence-electron chi connectivity index (χ0n) is 14.0. The van der Waals surface area contributed by atoms with Gasteiger partial charge in [0.25, 0.3) is 11.8 Å². The fraction of sp³-hybridized carbons (Fsp3) is 0.100. The van der Waals surface area contributed by atoms with Crippen molar-refractivity contribution in [3.8, 4) is 5.75 Å². The second kappa shape index (κ2) is 8.01. The SMILES string of the molecule is CC(Oc1ccc2ccccc2c1)C(=O)NNC(=O)c1cccc(Br)c1. The Morgan fingerprint density at radius 3 is 2.46 bits per heavy atom. The van der Waals surface area contributed by atoms with Crippen LogP contribution >= 0.6 is 15.9 Å². The molecule has 3 aromatic carbocycles. The minimum atomic E-state index is -0.765. The number of nitrogens with one attached hydrogen (secondary N) is 2. The summed E-state index contributed by atoms with van der Waals surface area (Å²) in [5.41, 5.74) is 5.19. The number of rotatable bonds is 4. The van der Waals surface area contributed by atoms with Crippen LogP contribution < -0.4 is 15.6 Å². The number of carbonyl (C=O) groups is 2. The monoisotopic (exact) mass is 412 g/mol. The molecule has 1 atom stereocenters. The Balaban J connectivity index is 1.57. The van der Waals surface area contributed by atoms with E-state index in [4.69, 9.17) is 4.74 Å². The molecule has 132 valence electrons. The van der Waals surface area contributed by atoms with Gasteiger partial charge in [0.1, 0.15) is 5.75 Å². The molecule has 5 nitrogen and oxygen atoms in total. The van der Waals surface area contributed by atoms with Gasteiger partial charge in [-0.25, -0.2) is 0 Å². The molecule has 0 spiro atoms. The molecule has 3 rings (SSSR count). The van der Waals surface area contributed by atoms with Crippen LogP contribution in [0.25, 0.3) is 10.8 Å². The number of ether oxygens (including phenoxy) is 1. The van der Waals surface area contributed by atoms with E-state index in [2.05, 4.69) is 26.8 Å². The number of benzene rings is 3. The first-order valence-electron chi connectivity index (χ1n) is 8.04. The molecule has 0 aliphatic rings. The van der Waals surface area contributed by atoms with Crippen molar-refractivity contribution >= 4 is 38.5 Å². The lowest BCUT2D eigenvalue weighted by Gasteiger charge is -2.15. The summed E-state index contributed by atoms with van der Waals surface area (Å²) >= 11 is 3.30. The van der Waals surface area contributed by atoms with Crippen molar-refractivity contribution in [3.63, 3.8) is 0 Å². The Morgan fingerprint density at radius 2 is 1.69 bits per heavy atom. The largest absolute Gasteiger partial charge is 0.481 e. The Labute approximate surface area is 159 Å². The van der Waals surface area contributed by atoms with Gasteiger partial charge in [-0.1, -0.05) is 52.3 Å². The summed E-state index contributed by atoms with van der Waals surface area (Å²) in [6.07, 6.45) is -0.765. The van der Waals surface area contributed by atoms with Gasteiger partial charge >= 0.3 is 0 Å². The van der Waals surface area contributed by atoms with Crippen LogP contribution in [0.1, 0.15) is 17.3 Å². The van der Waals surface area contributed by atoms with E-state index in [1.165, 1.54) is 0 Å². The molecule has 3 aromatic rings. The number of halogens is 1. The van der Waals surface area contributed by atoms with Crippen LogP contribution in [0.15, 0.2) is 71.2 Å². The summed E-state index contributed by atoms with van der Waals surface area (Å²) in [6.45, 7) is 1.62. The van der Waals surface area contributed by atoms with E-state index < -0.39 is 17.9 Å². The number of hydrogen-bond donors (Lipinski definition) is 2. The fourth-order valence-corrected chi connectivity index (χ4v) is 2.82. The van der Waals surface area contributed by atoms with Crippen molar-refractivity contribution in [3.05, 3.63) is 76.8 Å². The zero-order valence-corrected chi connectivity index (χ0v) is 15.6. The summed E-state index contributed by atoms with van der Waals surface area (Å²) in [7, 11) is 0. The minimum absolute atomic E-state index is 0.405. The van der Waals surface area contributed by atoms with Gasteiger partial charge in [-0.2, -0.15) is 0 Å². The van der Waals surface area contributed by atoms with E-state index in [0.717, 1.165) is 15.2 Å². The molecule has 1 unspecified atom stereocenters. The molecule has 0 aliphatic heterocycles. The maximum Gasteiger partial charge on any atom is 0.279 e. The third-order valence-electron chi connectivity index (χ3n) is 3.79. The van der Waals surface area contributed by atoms with Crippen LogP contribution in [-0.4, -0.2) is 17.9 Å². The van der Waals surface area contributed by atoms with Crippen molar-refractivity contribution in [1.29, 1.82) is 0 Å². The molecule has 0 saturated heterocycles. The molecule has 2 N–H and O–H groups in total. The average molecular weight is 413 g/mol. The molecule has 2 amide bonds. The number of carbonyl (C=O) groups excluding carboxylic acids is 2. The van der Waals surface area contributed by atoms with Crippen LogP contribution in [-0.2, 0) is 4.79 Å². The Kier molecular flexibility index (Phi) is 5.53. The average Bonchev–Trinajstić information content (AvgIpc) is 2.65. The molecule has 0 fully saturated rings. The predicted molar refractivity (Wildman–Crippen MR) is 104 cm³/mol. The highest BCUT2D eigenvalue weighted by atomic mass is 79.9. The third-order valence-corrected chi connectivity index (χ3v) is 4.28. The second-order valence-electron chi connectivity index (χ2n) is 5.72. The molecule has 0 heterocycles. The van der Waals surface area contributed by atoms with Crippen molar-refractivity contribution in [2.45, 2.75) is 13.0 Å². The molecule has 6 heteroatoms. The number of fused-ring (bicyclic) bond motifs is 1. The van der Waals surface area contributed by atoms with Crippen LogP contribution in [0.2, 0.25) is 0 Å². The number of amides is 2. The van der Waals surface area contributed by atoms with Gasteiger partial charge in [0.2, 0.25) is 0 Å². The third kappa shape index (κ3) is 4.40. The van der Waals surface area contributed by atoms with E-state index >= 15 is 0 Å². The maximum absolute atomic E-state index is 12.2. The van der Waals surface area contributed by atoms with Gasteiger partial charge in [0.15, 0.2) is 6.10 Å². The van der Waals surface area contributed by atoms with Crippen LogP contribution in [0, 0.1) is 0 Å². The lowest BCUT2D eigenvalue weighted by Crippen LogP contribution is -2.47. The lowest BCUT2D eigenvalue weighted by atomic mass is 10.1. The minimum Gasteiger partial charge on any atom is -0.481 e. The van der Waals surface area contributed by atoms with Gasteiger partial charge in [0, 0.05) is 10.0 Å². The summed E-state index contributed by atoms with van der Waals surface area (Å²) in [4.78, 5) is 24.2. The summed E-state index contributed by atoms with van der Waals surface area (Å²) < 4.78 is 6.45. The summed E-state index contributed by atoms with van der Waals surface area (Å²) in [5.74, 6) is -0.260. The van der Waals surface area contributed by atoms with Crippen molar-refractivity contribution in [1.82, 2.24) is 10.9 Å². The Bertz CT molecular complexity index is 958. The van der Waals surface area contributed by atoms with Gasteiger partial charge in [0.05, 0.1) is 0 Å². The quantitative estimate of drug-likeness (QED) is 0.639. The van der Waals surface area contributed by atoms with E-state index in [-0.39, 0.29) is 0 Å². The number of hydrogen-bond acceptors (Lipinski definition) is 3. The molecule has 0 bridgehead atoms. The summed E-state index contributed by atoms with van der Waals surface area (Å²) in [5, 5.41) is 2.12.